The number of nitrogens with zero attached hydrogens (tertiary/aromatic N) is 2. The molecule has 0 aliphatic heterocycles. The van der Waals surface area contributed by atoms with Gasteiger partial charge in [0.05, 0.1) is 0 Å². The minimum absolute atomic E-state index is 0.0864. The lowest BCUT2D eigenvalue weighted by Crippen LogP contribution is -2.49. The highest BCUT2D eigenvalue weighted by Crippen LogP contribution is 2.28. The fraction of sp³-hybridized carbons (Fsp3) is 0.833. The average molecular weight is 242 g/mol. The molecule has 1 saturated carbocycles. The maximum atomic E-state index is 12.3. The summed E-state index contributed by atoms with van der Waals surface area (Å²) in [4.78, 5) is 26.3. The standard InChI is InChI=1S/C12H22N2O3/c1-4-7-13(10-5-6-10)12(17)14(9(2)3)8-11(15)16/h9-10H,4-8H2,1-3H3,(H,15,16). The van der Waals surface area contributed by atoms with Crippen LogP contribution in [-0.4, -0.2) is 52.1 Å². The third kappa shape index (κ3) is 3.91. The minimum Gasteiger partial charge on any atom is -0.480 e. The molecule has 1 aliphatic carbocycles. The summed E-state index contributed by atoms with van der Waals surface area (Å²) in [6.07, 6.45) is 3.00. The van der Waals surface area contributed by atoms with Crippen molar-refractivity contribution in [2.24, 2.45) is 0 Å². The van der Waals surface area contributed by atoms with Crippen LogP contribution >= 0.6 is 0 Å². The maximum absolute atomic E-state index is 12.3. The number of hydrogen-bond acceptors (Lipinski definition) is 2. The lowest BCUT2D eigenvalue weighted by molar-refractivity contribution is -0.138. The first-order chi connectivity index (χ1) is 7.97. The first kappa shape index (κ1) is 13.8. The number of carbonyl (C=O) groups is 2. The number of amides is 2. The van der Waals surface area contributed by atoms with E-state index in [0.29, 0.717) is 12.6 Å². The summed E-state index contributed by atoms with van der Waals surface area (Å²) in [7, 11) is 0. The Bertz CT molecular complexity index is 287. The van der Waals surface area contributed by atoms with Gasteiger partial charge in [0.2, 0.25) is 0 Å². The van der Waals surface area contributed by atoms with Gasteiger partial charge in [-0.3, -0.25) is 4.79 Å². The van der Waals surface area contributed by atoms with E-state index in [-0.39, 0.29) is 18.6 Å². The van der Waals surface area contributed by atoms with Crippen LogP contribution in [-0.2, 0) is 4.79 Å². The zero-order valence-electron chi connectivity index (χ0n) is 10.8. The summed E-state index contributed by atoms with van der Waals surface area (Å²) in [6, 6.07) is 0.112. The number of carbonyl (C=O) groups excluding carboxylic acids is 1. The Morgan fingerprint density at radius 2 is 1.94 bits per heavy atom. The van der Waals surface area contributed by atoms with Gasteiger partial charge < -0.3 is 14.9 Å². The van der Waals surface area contributed by atoms with E-state index in [1.807, 2.05) is 25.7 Å². The Labute approximate surface area is 102 Å². The fourth-order valence-electron chi connectivity index (χ4n) is 1.84. The smallest absolute Gasteiger partial charge is 0.323 e. The third-order valence-corrected chi connectivity index (χ3v) is 2.87. The Balaban J connectivity index is 2.69. The minimum atomic E-state index is -0.959. The van der Waals surface area contributed by atoms with Crippen LogP contribution in [0.15, 0.2) is 0 Å². The molecule has 0 atom stereocenters. The van der Waals surface area contributed by atoms with Gasteiger partial charge in [0, 0.05) is 18.6 Å². The zero-order valence-corrected chi connectivity index (χ0v) is 10.8. The summed E-state index contributed by atoms with van der Waals surface area (Å²) in [5.41, 5.74) is 0. The van der Waals surface area contributed by atoms with E-state index in [9.17, 15) is 9.59 Å². The van der Waals surface area contributed by atoms with Crippen LogP contribution in [0.2, 0.25) is 0 Å². The molecule has 1 fully saturated rings. The molecule has 2 amide bonds. The molecule has 5 nitrogen and oxygen atoms in total. The molecule has 98 valence electrons. The van der Waals surface area contributed by atoms with Crippen molar-refractivity contribution in [1.82, 2.24) is 9.80 Å². The van der Waals surface area contributed by atoms with Crippen LogP contribution in [0.4, 0.5) is 4.79 Å². The Morgan fingerprint density at radius 3 is 2.29 bits per heavy atom. The van der Waals surface area contributed by atoms with Crippen molar-refractivity contribution < 1.29 is 14.7 Å². The number of hydrogen-bond donors (Lipinski definition) is 1. The van der Waals surface area contributed by atoms with Gasteiger partial charge in [-0.05, 0) is 33.1 Å². The second-order valence-electron chi connectivity index (χ2n) is 4.82. The first-order valence-electron chi connectivity index (χ1n) is 6.26. The molecule has 1 rings (SSSR count). The van der Waals surface area contributed by atoms with Crippen LogP contribution in [0.3, 0.4) is 0 Å². The molecule has 0 spiro atoms. The molecule has 0 heterocycles. The lowest BCUT2D eigenvalue weighted by atomic mass is 10.3. The molecule has 0 aromatic rings. The quantitative estimate of drug-likeness (QED) is 0.772. The number of aliphatic carboxylic acids is 1. The van der Waals surface area contributed by atoms with E-state index in [0.717, 1.165) is 19.3 Å². The highest BCUT2D eigenvalue weighted by atomic mass is 16.4. The Kier molecular flexibility index (Phi) is 4.78. The summed E-state index contributed by atoms with van der Waals surface area (Å²) in [5.74, 6) is -0.959. The van der Waals surface area contributed by atoms with Gasteiger partial charge in [0.1, 0.15) is 6.54 Å². The van der Waals surface area contributed by atoms with Crippen molar-refractivity contribution in [2.75, 3.05) is 13.1 Å². The number of rotatable bonds is 6. The zero-order chi connectivity index (χ0) is 13.0. The highest BCUT2D eigenvalue weighted by Gasteiger charge is 2.35. The number of carboxylic acids is 1. The molecule has 17 heavy (non-hydrogen) atoms. The van der Waals surface area contributed by atoms with E-state index in [1.54, 1.807) is 0 Å². The van der Waals surface area contributed by atoms with Crippen LogP contribution in [0, 0.1) is 0 Å². The van der Waals surface area contributed by atoms with E-state index in [2.05, 4.69) is 0 Å². The molecule has 0 aromatic carbocycles. The predicted molar refractivity (Wildman–Crippen MR) is 64.9 cm³/mol. The molecule has 1 N–H and O–H groups in total. The van der Waals surface area contributed by atoms with Gasteiger partial charge in [-0.2, -0.15) is 0 Å². The Hall–Kier alpha value is -1.26. The molecule has 5 heteroatoms. The van der Waals surface area contributed by atoms with E-state index < -0.39 is 5.97 Å². The normalized spacial score (nSPS) is 14.8. The predicted octanol–water partition coefficient (Wildman–Crippen LogP) is 1.78. The second-order valence-corrected chi connectivity index (χ2v) is 4.82. The van der Waals surface area contributed by atoms with Crippen molar-refractivity contribution in [1.29, 1.82) is 0 Å². The highest BCUT2D eigenvalue weighted by molar-refractivity contribution is 5.80. The van der Waals surface area contributed by atoms with Crippen LogP contribution < -0.4 is 0 Å². The van der Waals surface area contributed by atoms with Crippen molar-refractivity contribution >= 4 is 12.0 Å². The van der Waals surface area contributed by atoms with E-state index in [1.165, 1.54) is 4.90 Å². The Morgan fingerprint density at radius 1 is 1.35 bits per heavy atom. The van der Waals surface area contributed by atoms with E-state index >= 15 is 0 Å². The van der Waals surface area contributed by atoms with Gasteiger partial charge in [-0.25, -0.2) is 4.79 Å². The summed E-state index contributed by atoms with van der Waals surface area (Å²) < 4.78 is 0. The average Bonchev–Trinajstić information content (AvgIpc) is 3.04. The van der Waals surface area contributed by atoms with Crippen LogP contribution in [0.1, 0.15) is 40.0 Å². The van der Waals surface area contributed by atoms with Gasteiger partial charge in [0.15, 0.2) is 0 Å². The van der Waals surface area contributed by atoms with Crippen molar-refractivity contribution in [3.8, 4) is 0 Å². The van der Waals surface area contributed by atoms with Gasteiger partial charge >= 0.3 is 12.0 Å². The van der Waals surface area contributed by atoms with E-state index in [4.69, 9.17) is 5.11 Å². The summed E-state index contributed by atoms with van der Waals surface area (Å²) >= 11 is 0. The van der Waals surface area contributed by atoms with Crippen LogP contribution in [0.25, 0.3) is 0 Å². The van der Waals surface area contributed by atoms with Gasteiger partial charge in [-0.1, -0.05) is 6.92 Å². The maximum Gasteiger partial charge on any atom is 0.323 e. The van der Waals surface area contributed by atoms with Crippen molar-refractivity contribution in [3.63, 3.8) is 0 Å². The molecule has 0 saturated heterocycles. The first-order valence-corrected chi connectivity index (χ1v) is 6.26. The largest absolute Gasteiger partial charge is 0.480 e. The molecule has 0 bridgehead atoms. The lowest BCUT2D eigenvalue weighted by Gasteiger charge is -2.32. The van der Waals surface area contributed by atoms with Crippen molar-refractivity contribution in [2.45, 2.75) is 52.1 Å². The summed E-state index contributed by atoms with van der Waals surface area (Å²) in [6.45, 7) is 6.21. The number of urea groups is 1. The molecule has 0 aromatic heterocycles. The van der Waals surface area contributed by atoms with Crippen LogP contribution in [0.5, 0.6) is 0 Å². The fourth-order valence-corrected chi connectivity index (χ4v) is 1.84. The molecular weight excluding hydrogens is 220 g/mol. The molecule has 0 radical (unpaired) electrons. The second kappa shape index (κ2) is 5.89. The molecular formula is C12H22N2O3. The topological polar surface area (TPSA) is 60.9 Å². The number of carboxylic acid groups (broad SMARTS) is 1. The third-order valence-electron chi connectivity index (χ3n) is 2.87. The van der Waals surface area contributed by atoms with Gasteiger partial charge in [-0.15, -0.1) is 0 Å². The molecule has 0 unspecified atom stereocenters. The molecule has 1 aliphatic rings. The van der Waals surface area contributed by atoms with Crippen molar-refractivity contribution in [3.05, 3.63) is 0 Å². The monoisotopic (exact) mass is 242 g/mol. The summed E-state index contributed by atoms with van der Waals surface area (Å²) in [5, 5.41) is 8.84. The van der Waals surface area contributed by atoms with Gasteiger partial charge in [0.25, 0.3) is 0 Å². The SMILES string of the molecule is CCCN(C(=O)N(CC(=O)O)C(C)C)C1CC1.